The third-order valence-corrected chi connectivity index (χ3v) is 2.96. The van der Waals surface area contributed by atoms with Gasteiger partial charge in [0.05, 0.1) is 6.42 Å². The number of hydrogen-bond acceptors (Lipinski definition) is 5. The largest absolute Gasteiger partial charge is 0.385 e. The molecule has 6 nitrogen and oxygen atoms in total. The molecule has 0 radical (unpaired) electrons. The van der Waals surface area contributed by atoms with Crippen molar-refractivity contribution in [3.63, 3.8) is 0 Å². The Hall–Kier alpha value is -3.12. The number of allylic oxidation sites excluding steroid dienone is 1. The molecule has 0 fully saturated rings. The molecule has 1 amide bonds. The maximum absolute atomic E-state index is 12.0. The Morgan fingerprint density at radius 1 is 1.24 bits per heavy atom. The summed E-state index contributed by atoms with van der Waals surface area (Å²) in [6, 6.07) is 9.19. The van der Waals surface area contributed by atoms with E-state index in [-0.39, 0.29) is 29.4 Å². The number of amides is 1. The summed E-state index contributed by atoms with van der Waals surface area (Å²) in [6.07, 6.45) is -0.0154. The number of nitriles is 2. The van der Waals surface area contributed by atoms with Gasteiger partial charge in [-0.1, -0.05) is 17.2 Å². The second kappa shape index (κ2) is 5.48. The number of carbonyl (C=O) groups excluding carboxylic acids is 1. The average Bonchev–Trinajstić information content (AvgIpc) is 2.73. The van der Waals surface area contributed by atoms with Crippen LogP contribution in [0, 0.1) is 36.5 Å². The van der Waals surface area contributed by atoms with Gasteiger partial charge >= 0.3 is 0 Å². The lowest BCUT2D eigenvalue weighted by molar-refractivity contribution is -0.125. The minimum Gasteiger partial charge on any atom is -0.385 e. The van der Waals surface area contributed by atoms with Crippen LogP contribution in [-0.4, -0.2) is 16.8 Å². The van der Waals surface area contributed by atoms with Crippen LogP contribution in [0.1, 0.15) is 23.1 Å². The predicted molar refractivity (Wildman–Crippen MR) is 77.1 cm³/mol. The number of carbonyl (C=O) groups is 1. The third-order valence-electron chi connectivity index (χ3n) is 2.96. The molecule has 0 spiro atoms. The molecule has 2 rings (SSSR count). The third kappa shape index (κ3) is 2.75. The zero-order valence-corrected chi connectivity index (χ0v) is 11.7. The van der Waals surface area contributed by atoms with Gasteiger partial charge in [0.1, 0.15) is 23.7 Å². The molecule has 1 aliphatic heterocycles. The van der Waals surface area contributed by atoms with Gasteiger partial charge in [-0.25, -0.2) is 0 Å². The lowest BCUT2D eigenvalue weighted by Gasteiger charge is -2.17. The molecule has 6 heteroatoms. The van der Waals surface area contributed by atoms with Crippen molar-refractivity contribution in [3.8, 4) is 12.1 Å². The van der Waals surface area contributed by atoms with E-state index in [2.05, 4.69) is 5.10 Å². The second-order valence-corrected chi connectivity index (χ2v) is 4.80. The van der Waals surface area contributed by atoms with E-state index in [4.69, 9.17) is 16.3 Å². The Morgan fingerprint density at radius 3 is 2.24 bits per heavy atom. The summed E-state index contributed by atoms with van der Waals surface area (Å²) in [7, 11) is 0. The highest BCUT2D eigenvalue weighted by Crippen LogP contribution is 2.28. The van der Waals surface area contributed by atoms with Gasteiger partial charge in [-0.3, -0.25) is 4.79 Å². The highest BCUT2D eigenvalue weighted by Gasteiger charge is 2.29. The Morgan fingerprint density at radius 2 is 1.81 bits per heavy atom. The van der Waals surface area contributed by atoms with Crippen LogP contribution in [0.4, 0.5) is 0 Å². The van der Waals surface area contributed by atoms with Gasteiger partial charge in [-0.05, 0) is 26.0 Å². The number of nitrogens with zero attached hydrogens (tertiary/aromatic N) is 4. The van der Waals surface area contributed by atoms with Crippen LogP contribution in [0.5, 0.6) is 0 Å². The van der Waals surface area contributed by atoms with Gasteiger partial charge in [0.25, 0.3) is 5.91 Å². The summed E-state index contributed by atoms with van der Waals surface area (Å²) in [5.74, 6) is -0.193. The molecule has 1 aliphatic rings. The maximum atomic E-state index is 12.0. The lowest BCUT2D eigenvalue weighted by atomic mass is 10.0. The smallest absolute Gasteiger partial charge is 0.255 e. The summed E-state index contributed by atoms with van der Waals surface area (Å²) in [5, 5.41) is 23.3. The molecule has 1 heterocycles. The number of rotatable bonds is 2. The second-order valence-electron chi connectivity index (χ2n) is 4.80. The van der Waals surface area contributed by atoms with Crippen LogP contribution >= 0.6 is 0 Å². The summed E-state index contributed by atoms with van der Waals surface area (Å²) in [5.41, 5.74) is 8.09. The van der Waals surface area contributed by atoms with E-state index in [1.807, 2.05) is 32.1 Å². The van der Waals surface area contributed by atoms with E-state index in [9.17, 15) is 4.79 Å². The quantitative estimate of drug-likeness (QED) is 0.829. The van der Waals surface area contributed by atoms with Crippen molar-refractivity contribution >= 4 is 17.4 Å². The van der Waals surface area contributed by atoms with Crippen LogP contribution in [0.3, 0.4) is 0 Å². The zero-order chi connectivity index (χ0) is 15.6. The van der Waals surface area contributed by atoms with E-state index in [1.165, 1.54) is 0 Å². The van der Waals surface area contributed by atoms with E-state index in [0.29, 0.717) is 5.56 Å². The average molecular weight is 279 g/mol. The first-order valence-corrected chi connectivity index (χ1v) is 6.25. The SMILES string of the molecule is Cc1cc(C)cc(C(=C(C#N)C#N)N2N=C(N)CC2=O)c1. The molecule has 104 valence electrons. The first-order chi connectivity index (χ1) is 9.96. The molecule has 0 aliphatic carbocycles. The van der Waals surface area contributed by atoms with Crippen LogP contribution in [-0.2, 0) is 4.79 Å². The van der Waals surface area contributed by atoms with E-state index >= 15 is 0 Å². The molecular weight excluding hydrogens is 266 g/mol. The van der Waals surface area contributed by atoms with E-state index in [1.54, 1.807) is 12.1 Å². The van der Waals surface area contributed by atoms with Crippen molar-refractivity contribution in [1.82, 2.24) is 5.01 Å². The first kappa shape index (κ1) is 14.3. The van der Waals surface area contributed by atoms with Crippen molar-refractivity contribution in [2.45, 2.75) is 20.3 Å². The van der Waals surface area contributed by atoms with Gasteiger partial charge in [0.15, 0.2) is 5.57 Å². The molecule has 0 atom stereocenters. The molecule has 2 N–H and O–H groups in total. The van der Waals surface area contributed by atoms with Gasteiger partial charge < -0.3 is 5.73 Å². The number of hydrazone groups is 1. The van der Waals surface area contributed by atoms with Crippen LogP contribution in [0.15, 0.2) is 28.9 Å². The van der Waals surface area contributed by atoms with Crippen molar-refractivity contribution in [3.05, 3.63) is 40.5 Å². The molecule has 21 heavy (non-hydrogen) atoms. The molecule has 0 unspecified atom stereocenters. The molecule has 0 aromatic heterocycles. The predicted octanol–water partition coefficient (Wildman–Crippen LogP) is 1.57. The molecule has 0 bridgehead atoms. The number of nitrogens with two attached hydrogens (primary N) is 1. The van der Waals surface area contributed by atoms with Crippen LogP contribution in [0.2, 0.25) is 0 Å². The monoisotopic (exact) mass is 279 g/mol. The fourth-order valence-corrected chi connectivity index (χ4v) is 2.24. The van der Waals surface area contributed by atoms with Crippen molar-refractivity contribution < 1.29 is 4.79 Å². The van der Waals surface area contributed by atoms with E-state index in [0.717, 1.165) is 16.1 Å². The molecule has 0 saturated carbocycles. The van der Waals surface area contributed by atoms with Gasteiger partial charge in [0, 0.05) is 5.56 Å². The lowest BCUT2D eigenvalue weighted by Crippen LogP contribution is -2.20. The Labute approximate surface area is 122 Å². The highest BCUT2D eigenvalue weighted by molar-refractivity contribution is 6.07. The van der Waals surface area contributed by atoms with E-state index < -0.39 is 0 Å². The standard InChI is InChI=1S/C15H13N5O/c1-9-3-10(2)5-11(4-9)15(12(7-16)8-17)20-14(21)6-13(18)19-20/h3-5H,6H2,1-2H3,(H2,18,19). The molecule has 1 aromatic rings. The minimum absolute atomic E-state index is 0.0154. The normalized spacial score (nSPS) is 13.4. The number of aryl methyl sites for hydroxylation is 2. The van der Waals surface area contributed by atoms with Crippen molar-refractivity contribution in [1.29, 1.82) is 10.5 Å². The summed E-state index contributed by atoms with van der Waals surface area (Å²) >= 11 is 0. The van der Waals surface area contributed by atoms with Crippen LogP contribution in [0.25, 0.3) is 5.70 Å². The highest BCUT2D eigenvalue weighted by atomic mass is 16.2. The number of benzene rings is 1. The van der Waals surface area contributed by atoms with Crippen molar-refractivity contribution in [2.75, 3.05) is 0 Å². The topological polar surface area (TPSA) is 106 Å². The molecule has 0 saturated heterocycles. The minimum atomic E-state index is -0.357. The van der Waals surface area contributed by atoms with Gasteiger partial charge in [0.2, 0.25) is 0 Å². The van der Waals surface area contributed by atoms with Gasteiger partial charge in [-0.15, -0.1) is 0 Å². The Bertz CT molecular complexity index is 725. The van der Waals surface area contributed by atoms with Crippen molar-refractivity contribution in [2.24, 2.45) is 10.8 Å². The maximum Gasteiger partial charge on any atom is 0.255 e. The zero-order valence-electron chi connectivity index (χ0n) is 11.7. The summed E-state index contributed by atoms with van der Waals surface area (Å²) in [6.45, 7) is 3.80. The van der Waals surface area contributed by atoms with Gasteiger partial charge in [-0.2, -0.15) is 20.6 Å². The molecular formula is C15H13N5O. The fraction of sp³-hybridized carbons (Fsp3) is 0.200. The fourth-order valence-electron chi connectivity index (χ4n) is 2.24. The van der Waals surface area contributed by atoms with Crippen LogP contribution < -0.4 is 5.73 Å². The molecule has 1 aromatic carbocycles. The Balaban J connectivity index is 2.70. The summed E-state index contributed by atoms with van der Waals surface area (Å²) in [4.78, 5) is 12.0. The number of amidine groups is 1. The summed E-state index contributed by atoms with van der Waals surface area (Å²) < 4.78 is 0. The number of hydrogen-bond donors (Lipinski definition) is 1. The first-order valence-electron chi connectivity index (χ1n) is 6.25. The Kier molecular flexibility index (Phi) is 3.73.